The minimum atomic E-state index is -0.0468. The molecule has 2 amide bonds. The number of ether oxygens (including phenoxy) is 1. The van der Waals surface area contributed by atoms with Crippen LogP contribution in [-0.4, -0.2) is 66.8 Å². The van der Waals surface area contributed by atoms with Gasteiger partial charge in [0.2, 0.25) is 5.95 Å². The van der Waals surface area contributed by atoms with Gasteiger partial charge in [-0.25, -0.2) is 14.8 Å². The van der Waals surface area contributed by atoms with Crippen molar-refractivity contribution in [1.82, 2.24) is 20.2 Å². The molecule has 0 bridgehead atoms. The smallest absolute Gasteiger partial charge is 0.317 e. The number of amides is 2. The zero-order chi connectivity index (χ0) is 19.2. The van der Waals surface area contributed by atoms with Gasteiger partial charge < -0.3 is 19.9 Å². The number of rotatable bonds is 4. The van der Waals surface area contributed by atoms with Gasteiger partial charge in [-0.3, -0.25) is 0 Å². The first-order valence-corrected chi connectivity index (χ1v) is 9.95. The van der Waals surface area contributed by atoms with Crippen LogP contribution in [0.25, 0.3) is 0 Å². The number of hydrogen-bond donors (Lipinski definition) is 1. The average molecular weight is 381 g/mol. The van der Waals surface area contributed by atoms with E-state index in [1.165, 1.54) is 5.56 Å². The summed E-state index contributed by atoms with van der Waals surface area (Å²) in [4.78, 5) is 25.4. The Hall–Kier alpha value is -2.67. The summed E-state index contributed by atoms with van der Waals surface area (Å²) in [6, 6.07) is 12.3. The lowest BCUT2D eigenvalue weighted by Gasteiger charge is -2.39. The van der Waals surface area contributed by atoms with E-state index in [0.29, 0.717) is 19.6 Å². The van der Waals surface area contributed by atoms with Crippen LogP contribution in [0.4, 0.5) is 10.7 Å². The summed E-state index contributed by atoms with van der Waals surface area (Å²) in [5.74, 6) is 0.729. The fraction of sp³-hybridized carbons (Fsp3) is 0.476. The highest BCUT2D eigenvalue weighted by molar-refractivity contribution is 5.74. The minimum absolute atomic E-state index is 0.00966. The van der Waals surface area contributed by atoms with Gasteiger partial charge in [-0.15, -0.1) is 0 Å². The van der Waals surface area contributed by atoms with Crippen molar-refractivity contribution < 1.29 is 9.53 Å². The number of nitrogens with one attached hydrogen (secondary N) is 1. The summed E-state index contributed by atoms with van der Waals surface area (Å²) >= 11 is 0. The number of anilines is 1. The molecular weight excluding hydrogens is 354 g/mol. The topological polar surface area (TPSA) is 70.6 Å². The molecule has 148 valence electrons. The van der Waals surface area contributed by atoms with E-state index in [0.717, 1.165) is 45.1 Å². The number of carbonyl (C=O) groups excluding carboxylic acids is 1. The predicted molar refractivity (Wildman–Crippen MR) is 107 cm³/mol. The molecule has 1 aromatic carbocycles. The third-order valence-corrected chi connectivity index (χ3v) is 5.82. The molecule has 2 aromatic rings. The van der Waals surface area contributed by atoms with E-state index in [4.69, 9.17) is 4.74 Å². The summed E-state index contributed by atoms with van der Waals surface area (Å²) in [6.07, 6.45) is 5.35. The second-order valence-electron chi connectivity index (χ2n) is 7.44. The van der Waals surface area contributed by atoms with Crippen LogP contribution < -0.4 is 10.2 Å². The van der Waals surface area contributed by atoms with Gasteiger partial charge in [0.25, 0.3) is 0 Å². The quantitative estimate of drug-likeness (QED) is 0.878. The molecule has 28 heavy (non-hydrogen) atoms. The Kier molecular flexibility index (Phi) is 5.71. The Morgan fingerprint density at radius 3 is 2.36 bits per heavy atom. The maximum absolute atomic E-state index is 12.8. The summed E-state index contributed by atoms with van der Waals surface area (Å²) in [5.41, 5.74) is 1.24. The van der Waals surface area contributed by atoms with Crippen LogP contribution in [0.5, 0.6) is 0 Å². The molecule has 3 heterocycles. The first-order valence-electron chi connectivity index (χ1n) is 9.95. The Labute approximate surface area is 165 Å². The summed E-state index contributed by atoms with van der Waals surface area (Å²) in [7, 11) is 0. The molecule has 0 unspecified atom stereocenters. The van der Waals surface area contributed by atoms with Gasteiger partial charge in [0, 0.05) is 63.7 Å². The van der Waals surface area contributed by atoms with Gasteiger partial charge in [0.1, 0.15) is 0 Å². The summed E-state index contributed by atoms with van der Waals surface area (Å²) in [6.45, 7) is 4.95. The highest BCUT2D eigenvalue weighted by Crippen LogP contribution is 2.34. The van der Waals surface area contributed by atoms with Crippen molar-refractivity contribution in [2.24, 2.45) is 0 Å². The molecule has 2 fully saturated rings. The molecule has 2 aliphatic heterocycles. The Morgan fingerprint density at radius 2 is 1.68 bits per heavy atom. The molecule has 0 aliphatic carbocycles. The molecule has 7 heteroatoms. The van der Waals surface area contributed by atoms with Crippen LogP contribution in [0.15, 0.2) is 48.8 Å². The number of urea groups is 1. The van der Waals surface area contributed by atoms with Gasteiger partial charge in [0.15, 0.2) is 0 Å². The van der Waals surface area contributed by atoms with Gasteiger partial charge in [-0.05, 0) is 24.5 Å². The average Bonchev–Trinajstić information content (AvgIpc) is 2.79. The second-order valence-corrected chi connectivity index (χ2v) is 7.44. The van der Waals surface area contributed by atoms with Gasteiger partial charge in [0.05, 0.1) is 0 Å². The van der Waals surface area contributed by atoms with Crippen LogP contribution in [0.3, 0.4) is 0 Å². The van der Waals surface area contributed by atoms with Gasteiger partial charge in [-0.1, -0.05) is 30.3 Å². The number of piperazine rings is 1. The molecule has 1 N–H and O–H groups in total. The molecule has 2 saturated heterocycles. The third-order valence-electron chi connectivity index (χ3n) is 5.82. The van der Waals surface area contributed by atoms with E-state index in [2.05, 4.69) is 44.5 Å². The van der Waals surface area contributed by atoms with Crippen LogP contribution in [0.1, 0.15) is 18.4 Å². The van der Waals surface area contributed by atoms with E-state index in [-0.39, 0.29) is 11.4 Å². The SMILES string of the molecule is O=C(NCC1(c2ccccc2)CCOCC1)N1CCN(c2ncccn2)CC1. The van der Waals surface area contributed by atoms with Crippen molar-refractivity contribution in [3.8, 4) is 0 Å². The van der Waals surface area contributed by atoms with E-state index >= 15 is 0 Å². The fourth-order valence-electron chi connectivity index (χ4n) is 4.04. The van der Waals surface area contributed by atoms with Crippen molar-refractivity contribution in [3.63, 3.8) is 0 Å². The lowest BCUT2D eigenvalue weighted by Crippen LogP contribution is -2.54. The molecule has 0 spiro atoms. The standard InChI is InChI=1S/C21H27N5O2/c27-20(26-13-11-25(12-14-26)19-22-9-4-10-23-19)24-17-21(7-15-28-16-8-21)18-5-2-1-3-6-18/h1-6,9-10H,7-8,11-17H2,(H,24,27). The second kappa shape index (κ2) is 8.56. The van der Waals surface area contributed by atoms with Gasteiger partial charge in [-0.2, -0.15) is 0 Å². The van der Waals surface area contributed by atoms with Crippen LogP contribution in [0, 0.1) is 0 Å². The number of benzene rings is 1. The zero-order valence-electron chi connectivity index (χ0n) is 16.1. The van der Waals surface area contributed by atoms with E-state index in [1.807, 2.05) is 17.0 Å². The van der Waals surface area contributed by atoms with E-state index < -0.39 is 0 Å². The van der Waals surface area contributed by atoms with Crippen molar-refractivity contribution in [2.45, 2.75) is 18.3 Å². The lowest BCUT2D eigenvalue weighted by molar-refractivity contribution is 0.0501. The number of carbonyl (C=O) groups is 1. The molecule has 0 radical (unpaired) electrons. The molecule has 1 aromatic heterocycles. The molecule has 4 rings (SSSR count). The maximum Gasteiger partial charge on any atom is 0.317 e. The van der Waals surface area contributed by atoms with Crippen molar-refractivity contribution >= 4 is 12.0 Å². The number of aromatic nitrogens is 2. The first kappa shape index (κ1) is 18.7. The molecule has 2 aliphatic rings. The molecule has 0 atom stereocenters. The highest BCUT2D eigenvalue weighted by atomic mass is 16.5. The Bertz CT molecular complexity index is 757. The van der Waals surface area contributed by atoms with Crippen molar-refractivity contribution in [3.05, 3.63) is 54.4 Å². The van der Waals surface area contributed by atoms with E-state index in [1.54, 1.807) is 12.4 Å². The zero-order valence-corrected chi connectivity index (χ0v) is 16.1. The minimum Gasteiger partial charge on any atom is -0.381 e. The van der Waals surface area contributed by atoms with Crippen LogP contribution in [0.2, 0.25) is 0 Å². The third kappa shape index (κ3) is 4.09. The molecule has 7 nitrogen and oxygen atoms in total. The monoisotopic (exact) mass is 381 g/mol. The Morgan fingerprint density at radius 1 is 1.00 bits per heavy atom. The normalized spacial score (nSPS) is 19.3. The van der Waals surface area contributed by atoms with Crippen molar-refractivity contribution in [1.29, 1.82) is 0 Å². The van der Waals surface area contributed by atoms with E-state index in [9.17, 15) is 4.79 Å². The summed E-state index contributed by atoms with van der Waals surface area (Å²) in [5, 5.41) is 3.20. The fourth-order valence-corrected chi connectivity index (χ4v) is 4.04. The number of hydrogen-bond acceptors (Lipinski definition) is 5. The lowest BCUT2D eigenvalue weighted by atomic mass is 9.74. The molecular formula is C21H27N5O2. The molecule has 0 saturated carbocycles. The summed E-state index contributed by atoms with van der Waals surface area (Å²) < 4.78 is 5.58. The van der Waals surface area contributed by atoms with Crippen LogP contribution >= 0.6 is 0 Å². The highest BCUT2D eigenvalue weighted by Gasteiger charge is 2.35. The number of nitrogens with zero attached hydrogens (tertiary/aromatic N) is 4. The largest absolute Gasteiger partial charge is 0.381 e. The Balaban J connectivity index is 1.34. The maximum atomic E-state index is 12.8. The van der Waals surface area contributed by atoms with Crippen molar-refractivity contribution in [2.75, 3.05) is 50.8 Å². The van der Waals surface area contributed by atoms with Gasteiger partial charge >= 0.3 is 6.03 Å². The predicted octanol–water partition coefficient (Wildman–Crippen LogP) is 2.06. The van der Waals surface area contributed by atoms with Crippen LogP contribution in [-0.2, 0) is 10.2 Å². The first-order chi connectivity index (χ1) is 13.8.